The van der Waals surface area contributed by atoms with Gasteiger partial charge < -0.3 is 9.47 Å². The van der Waals surface area contributed by atoms with Crippen molar-refractivity contribution in [2.24, 2.45) is 0 Å². The van der Waals surface area contributed by atoms with Crippen molar-refractivity contribution < 1.29 is 17.9 Å². The molecule has 1 saturated heterocycles. The van der Waals surface area contributed by atoms with E-state index in [1.54, 1.807) is 18.2 Å². The molecule has 2 heterocycles. The molecule has 0 saturated carbocycles. The van der Waals surface area contributed by atoms with Crippen LogP contribution in [0.5, 0.6) is 11.5 Å². The maximum Gasteiger partial charge on any atom is 0.245 e. The van der Waals surface area contributed by atoms with Gasteiger partial charge in [-0.3, -0.25) is 0 Å². The van der Waals surface area contributed by atoms with Gasteiger partial charge in [0.05, 0.1) is 11.1 Å². The van der Waals surface area contributed by atoms with Gasteiger partial charge in [0.15, 0.2) is 11.5 Å². The summed E-state index contributed by atoms with van der Waals surface area (Å²) in [4.78, 5) is 0.131. The summed E-state index contributed by atoms with van der Waals surface area (Å²) in [6.45, 7) is 1.49. The summed E-state index contributed by atoms with van der Waals surface area (Å²) < 4.78 is 39.9. The van der Waals surface area contributed by atoms with Crippen LogP contribution in [-0.2, 0) is 10.0 Å². The topological polar surface area (TPSA) is 55.8 Å². The number of nitrogens with zero attached hydrogens (tertiary/aromatic N) is 1. The molecule has 4 rings (SSSR count). The monoisotopic (exact) mass is 457 g/mol. The summed E-state index contributed by atoms with van der Waals surface area (Å²) in [5.74, 6) is 1.36. The lowest BCUT2D eigenvalue weighted by atomic mass is 10.0. The lowest BCUT2D eigenvalue weighted by Crippen LogP contribution is -2.31. The van der Waals surface area contributed by atoms with Crippen LogP contribution in [0.15, 0.2) is 45.8 Å². The molecule has 2 aliphatic rings. The first kappa shape index (κ1) is 18.1. The fourth-order valence-electron chi connectivity index (χ4n) is 3.44. The number of rotatable bonds is 3. The summed E-state index contributed by atoms with van der Waals surface area (Å²) in [6, 6.07) is 10.2. The second-order valence-corrected chi connectivity index (χ2v) is 9.43. The predicted molar refractivity (Wildman–Crippen MR) is 102 cm³/mol. The van der Waals surface area contributed by atoms with E-state index in [1.807, 2.05) is 18.2 Å². The standard InChI is InChI=1S/C18H17BrClNO4S/c19-13-4-6-18(14(20)11-13)26(22,23)21-7-1-2-15(21)12-3-5-16-17(10-12)25-9-8-24-16/h3-6,10-11,15H,1-2,7-9H2/t15-/m0/s1. The first-order valence-electron chi connectivity index (χ1n) is 8.33. The summed E-state index contributed by atoms with van der Waals surface area (Å²) in [6.07, 6.45) is 1.56. The summed E-state index contributed by atoms with van der Waals surface area (Å²) in [5.41, 5.74) is 0.906. The Morgan fingerprint density at radius 1 is 1.08 bits per heavy atom. The molecule has 0 aliphatic carbocycles. The fourth-order valence-corrected chi connectivity index (χ4v) is 6.13. The Bertz CT molecular complexity index is 950. The van der Waals surface area contributed by atoms with Crippen LogP contribution in [0.2, 0.25) is 5.02 Å². The highest BCUT2D eigenvalue weighted by Crippen LogP contribution is 2.41. The van der Waals surface area contributed by atoms with Gasteiger partial charge in [-0.2, -0.15) is 4.31 Å². The third-order valence-electron chi connectivity index (χ3n) is 4.64. The molecule has 2 aliphatic heterocycles. The number of benzene rings is 2. The van der Waals surface area contributed by atoms with E-state index in [0.717, 1.165) is 22.9 Å². The summed E-state index contributed by atoms with van der Waals surface area (Å²) >= 11 is 9.52. The van der Waals surface area contributed by atoms with Gasteiger partial charge in [0.1, 0.15) is 18.1 Å². The molecule has 5 nitrogen and oxygen atoms in total. The van der Waals surface area contributed by atoms with Crippen molar-refractivity contribution in [2.75, 3.05) is 19.8 Å². The van der Waals surface area contributed by atoms with Crippen molar-refractivity contribution in [2.45, 2.75) is 23.8 Å². The van der Waals surface area contributed by atoms with Gasteiger partial charge in [0, 0.05) is 11.0 Å². The number of hydrogen-bond acceptors (Lipinski definition) is 4. The minimum atomic E-state index is -3.70. The Balaban J connectivity index is 1.70. The van der Waals surface area contributed by atoms with Crippen LogP contribution < -0.4 is 9.47 Å². The quantitative estimate of drug-likeness (QED) is 0.684. The van der Waals surface area contributed by atoms with E-state index in [9.17, 15) is 8.42 Å². The van der Waals surface area contributed by atoms with Crippen molar-refractivity contribution in [1.29, 1.82) is 0 Å². The highest BCUT2D eigenvalue weighted by molar-refractivity contribution is 9.10. The molecule has 2 aromatic carbocycles. The van der Waals surface area contributed by atoms with Gasteiger partial charge in [0.2, 0.25) is 10.0 Å². The van der Waals surface area contributed by atoms with E-state index in [0.29, 0.717) is 31.3 Å². The van der Waals surface area contributed by atoms with Crippen LogP contribution in [-0.4, -0.2) is 32.5 Å². The van der Waals surface area contributed by atoms with Gasteiger partial charge in [-0.15, -0.1) is 0 Å². The minimum absolute atomic E-state index is 0.131. The summed E-state index contributed by atoms with van der Waals surface area (Å²) in [5, 5.41) is 0.215. The van der Waals surface area contributed by atoms with E-state index >= 15 is 0 Å². The number of fused-ring (bicyclic) bond motifs is 1. The molecule has 2 aromatic rings. The normalized spacial score (nSPS) is 20.3. The molecule has 0 radical (unpaired) electrons. The fraction of sp³-hybridized carbons (Fsp3) is 0.333. The lowest BCUT2D eigenvalue weighted by molar-refractivity contribution is 0.171. The zero-order valence-electron chi connectivity index (χ0n) is 13.8. The lowest BCUT2D eigenvalue weighted by Gasteiger charge is -2.26. The van der Waals surface area contributed by atoms with Gasteiger partial charge in [0.25, 0.3) is 0 Å². The van der Waals surface area contributed by atoms with Gasteiger partial charge >= 0.3 is 0 Å². The largest absolute Gasteiger partial charge is 0.486 e. The van der Waals surface area contributed by atoms with Crippen LogP contribution in [0.3, 0.4) is 0 Å². The van der Waals surface area contributed by atoms with Crippen molar-refractivity contribution >= 4 is 37.6 Å². The highest BCUT2D eigenvalue weighted by atomic mass is 79.9. The smallest absolute Gasteiger partial charge is 0.245 e. The molecule has 0 unspecified atom stereocenters. The van der Waals surface area contributed by atoms with Crippen molar-refractivity contribution in [3.05, 3.63) is 51.5 Å². The molecular formula is C18H17BrClNO4S. The van der Waals surface area contributed by atoms with Crippen molar-refractivity contribution in [3.8, 4) is 11.5 Å². The molecule has 0 N–H and O–H groups in total. The van der Waals surface area contributed by atoms with Crippen molar-refractivity contribution in [1.82, 2.24) is 4.31 Å². The molecule has 1 fully saturated rings. The maximum atomic E-state index is 13.2. The molecular weight excluding hydrogens is 442 g/mol. The predicted octanol–water partition coefficient (Wildman–Crippen LogP) is 4.40. The Morgan fingerprint density at radius 3 is 2.62 bits per heavy atom. The number of hydrogen-bond donors (Lipinski definition) is 0. The molecule has 0 spiro atoms. The molecule has 0 aromatic heterocycles. The zero-order chi connectivity index (χ0) is 18.3. The number of sulfonamides is 1. The van der Waals surface area contributed by atoms with E-state index in [-0.39, 0.29) is 16.0 Å². The van der Waals surface area contributed by atoms with Gasteiger partial charge in [-0.1, -0.05) is 33.6 Å². The second kappa shape index (κ2) is 7.03. The van der Waals surface area contributed by atoms with Gasteiger partial charge in [-0.05, 0) is 48.7 Å². The molecule has 26 heavy (non-hydrogen) atoms. The average Bonchev–Trinajstić information content (AvgIpc) is 3.11. The molecule has 0 bridgehead atoms. The summed E-state index contributed by atoms with van der Waals surface area (Å²) in [7, 11) is -3.70. The van der Waals surface area contributed by atoms with E-state index in [1.165, 1.54) is 4.31 Å². The second-order valence-electron chi connectivity index (χ2n) is 6.25. The molecule has 1 atom stereocenters. The van der Waals surface area contributed by atoms with E-state index < -0.39 is 10.0 Å². The zero-order valence-corrected chi connectivity index (χ0v) is 17.0. The SMILES string of the molecule is O=S(=O)(c1ccc(Br)cc1Cl)N1CCC[C@H]1c1ccc2c(c1)OCCO2. The minimum Gasteiger partial charge on any atom is -0.486 e. The number of ether oxygens (including phenoxy) is 2. The molecule has 8 heteroatoms. The van der Waals surface area contributed by atoms with Crippen LogP contribution in [0.1, 0.15) is 24.4 Å². The van der Waals surface area contributed by atoms with Crippen LogP contribution >= 0.6 is 27.5 Å². The Kier molecular flexibility index (Phi) is 4.90. The van der Waals surface area contributed by atoms with E-state index in [4.69, 9.17) is 21.1 Å². The average molecular weight is 459 g/mol. The highest BCUT2D eigenvalue weighted by Gasteiger charge is 2.37. The first-order valence-corrected chi connectivity index (χ1v) is 10.9. The van der Waals surface area contributed by atoms with Crippen molar-refractivity contribution in [3.63, 3.8) is 0 Å². The third-order valence-corrected chi connectivity index (χ3v) is 7.52. The van der Waals surface area contributed by atoms with Crippen LogP contribution in [0.4, 0.5) is 0 Å². The Hall–Kier alpha value is -1.28. The van der Waals surface area contributed by atoms with Crippen LogP contribution in [0.25, 0.3) is 0 Å². The third kappa shape index (κ3) is 3.22. The van der Waals surface area contributed by atoms with Crippen LogP contribution in [0, 0.1) is 0 Å². The van der Waals surface area contributed by atoms with Gasteiger partial charge in [-0.25, -0.2) is 8.42 Å². The first-order chi connectivity index (χ1) is 12.5. The Labute approximate surface area is 166 Å². The molecule has 138 valence electrons. The molecule has 0 amide bonds. The maximum absolute atomic E-state index is 13.2. The van der Waals surface area contributed by atoms with E-state index in [2.05, 4.69) is 15.9 Å². The number of halogens is 2. The Morgan fingerprint density at radius 2 is 1.85 bits per heavy atom.